The van der Waals surface area contributed by atoms with E-state index in [-0.39, 0.29) is 0 Å². The van der Waals surface area contributed by atoms with Crippen molar-refractivity contribution >= 4 is 0 Å². The Hall–Kier alpha value is -3.80. The Balaban J connectivity index is 2.14. The van der Waals surface area contributed by atoms with Gasteiger partial charge in [-0.3, -0.25) is 0 Å². The Morgan fingerprint density at radius 1 is 0.800 bits per heavy atom. The predicted octanol–water partition coefficient (Wildman–Crippen LogP) is 3.39. The molecule has 2 aliphatic carbocycles. The van der Waals surface area contributed by atoms with Gasteiger partial charge in [0.2, 0.25) is 0 Å². The summed E-state index contributed by atoms with van der Waals surface area (Å²) in [5.41, 5.74) is -3.53. The highest BCUT2D eigenvalue weighted by Crippen LogP contribution is 2.66. The van der Waals surface area contributed by atoms with Gasteiger partial charge in [0.15, 0.2) is 10.8 Å². The third-order valence-corrected chi connectivity index (χ3v) is 4.74. The van der Waals surface area contributed by atoms with Gasteiger partial charge < -0.3 is 4.74 Å². The lowest BCUT2D eigenvalue weighted by Gasteiger charge is -2.54. The maximum atomic E-state index is 9.72. The van der Waals surface area contributed by atoms with E-state index >= 15 is 0 Å². The number of nitrogens with zero attached hydrogens (tertiary/aromatic N) is 4. The van der Waals surface area contributed by atoms with Gasteiger partial charge in [0.05, 0.1) is 30.2 Å². The quantitative estimate of drug-likeness (QED) is 0.829. The molecule has 5 nitrogen and oxygen atoms in total. The molecular formula is C20H12N4O. The topological polar surface area (TPSA) is 104 Å². The van der Waals surface area contributed by atoms with Crippen molar-refractivity contribution in [2.45, 2.75) is 0 Å². The van der Waals surface area contributed by atoms with E-state index in [2.05, 4.69) is 0 Å². The number of hydrogen-bond acceptors (Lipinski definition) is 5. The van der Waals surface area contributed by atoms with Gasteiger partial charge >= 0.3 is 0 Å². The highest BCUT2D eigenvalue weighted by molar-refractivity contribution is 5.51. The molecule has 1 aromatic rings. The molecule has 1 saturated carbocycles. The van der Waals surface area contributed by atoms with E-state index < -0.39 is 22.7 Å². The summed E-state index contributed by atoms with van der Waals surface area (Å²) >= 11 is 0. The maximum absolute atomic E-state index is 9.72. The van der Waals surface area contributed by atoms with Gasteiger partial charge in [-0.25, -0.2) is 0 Å². The van der Waals surface area contributed by atoms with Gasteiger partial charge in [-0.05, 0) is 18.2 Å². The number of benzene rings is 1. The largest absolute Gasteiger partial charge is 0.461 e. The number of hydrogen-bond donors (Lipinski definition) is 0. The van der Waals surface area contributed by atoms with Crippen molar-refractivity contribution in [3.63, 3.8) is 0 Å². The highest BCUT2D eigenvalue weighted by Gasteiger charge is 2.76. The second kappa shape index (κ2) is 6.01. The Morgan fingerprint density at radius 2 is 1.44 bits per heavy atom. The molecule has 0 saturated heterocycles. The fraction of sp³-hybridized carbons (Fsp3) is 0.200. The van der Waals surface area contributed by atoms with Crippen molar-refractivity contribution in [2.75, 3.05) is 0 Å². The molecule has 3 rings (SSSR count). The molecule has 1 fully saturated rings. The summed E-state index contributed by atoms with van der Waals surface area (Å²) in [5.74, 6) is -0.368. The zero-order chi connectivity index (χ0) is 17.9. The Kier molecular flexibility index (Phi) is 3.86. The molecule has 0 N–H and O–H groups in total. The molecule has 0 unspecified atom stereocenters. The van der Waals surface area contributed by atoms with Crippen LogP contribution in [0.5, 0.6) is 5.75 Å². The van der Waals surface area contributed by atoms with Crippen LogP contribution in [0, 0.1) is 68.0 Å². The van der Waals surface area contributed by atoms with Crippen molar-refractivity contribution in [3.8, 4) is 30.0 Å². The molecule has 0 spiro atoms. The molecule has 2 aliphatic rings. The molecule has 0 heterocycles. The van der Waals surface area contributed by atoms with Crippen LogP contribution >= 0.6 is 0 Å². The summed E-state index contributed by atoms with van der Waals surface area (Å²) in [7, 11) is 0. The van der Waals surface area contributed by atoms with E-state index in [1.54, 1.807) is 42.5 Å². The standard InChI is InChI=1S/C20H12N4O/c21-11-19(12-22)16-9-5-2-6-10-17(18(16)20(19,13-23)14-24)25-15-7-3-1-4-8-15/h1-10,16,18H/t16-,18+/m0/s1. The molecule has 0 bridgehead atoms. The average Bonchev–Trinajstić information content (AvgIpc) is 2.63. The first-order valence-electron chi connectivity index (χ1n) is 7.62. The molecule has 2 atom stereocenters. The first kappa shape index (κ1) is 16.1. The second-order valence-electron chi connectivity index (χ2n) is 5.82. The van der Waals surface area contributed by atoms with Crippen molar-refractivity contribution in [3.05, 3.63) is 66.5 Å². The molecule has 0 amide bonds. The van der Waals surface area contributed by atoms with Crippen LogP contribution in [0.3, 0.4) is 0 Å². The van der Waals surface area contributed by atoms with Crippen LogP contribution in [-0.2, 0) is 0 Å². The van der Waals surface area contributed by atoms with Crippen molar-refractivity contribution in [1.29, 1.82) is 21.0 Å². The summed E-state index contributed by atoms with van der Waals surface area (Å²) in [4.78, 5) is 0. The van der Waals surface area contributed by atoms with E-state index in [1.807, 2.05) is 42.5 Å². The summed E-state index contributed by atoms with van der Waals surface area (Å²) < 4.78 is 5.92. The predicted molar refractivity (Wildman–Crippen MR) is 87.7 cm³/mol. The number of ether oxygens (including phenoxy) is 1. The minimum atomic E-state index is -1.79. The van der Waals surface area contributed by atoms with Crippen LogP contribution in [-0.4, -0.2) is 0 Å². The van der Waals surface area contributed by atoms with Crippen LogP contribution in [0.25, 0.3) is 0 Å². The SMILES string of the molecule is N#CC1(C#N)[C@H]2C=CC=CC=C(Oc3ccccc3)[C@@H]2C1(C#N)C#N. The monoisotopic (exact) mass is 324 g/mol. The van der Waals surface area contributed by atoms with Crippen molar-refractivity contribution in [2.24, 2.45) is 22.7 Å². The Labute approximate surface area is 145 Å². The average molecular weight is 324 g/mol. The number of nitriles is 4. The number of rotatable bonds is 2. The van der Waals surface area contributed by atoms with Gasteiger partial charge in [0.25, 0.3) is 0 Å². The molecule has 0 aromatic heterocycles. The lowest BCUT2D eigenvalue weighted by atomic mass is 9.39. The summed E-state index contributed by atoms with van der Waals surface area (Å²) in [5, 5.41) is 38.7. The third kappa shape index (κ3) is 2.05. The normalized spacial score (nSPS) is 24.4. The molecule has 0 radical (unpaired) electrons. The lowest BCUT2D eigenvalue weighted by Crippen LogP contribution is -2.63. The van der Waals surface area contributed by atoms with E-state index in [9.17, 15) is 21.0 Å². The van der Waals surface area contributed by atoms with Gasteiger partial charge in [0.1, 0.15) is 11.5 Å². The molecular weight excluding hydrogens is 312 g/mol. The number of allylic oxidation sites excluding steroid dienone is 6. The van der Waals surface area contributed by atoms with E-state index in [4.69, 9.17) is 4.74 Å². The molecule has 118 valence electrons. The summed E-state index contributed by atoms with van der Waals surface area (Å²) in [6, 6.07) is 16.7. The van der Waals surface area contributed by atoms with Crippen LogP contribution in [0.1, 0.15) is 0 Å². The Morgan fingerprint density at radius 3 is 2.04 bits per heavy atom. The molecule has 5 heteroatoms. The zero-order valence-corrected chi connectivity index (χ0v) is 13.1. The smallest absolute Gasteiger partial charge is 0.186 e. The summed E-state index contributed by atoms with van der Waals surface area (Å²) in [6.45, 7) is 0. The third-order valence-electron chi connectivity index (χ3n) is 4.74. The number of fused-ring (bicyclic) bond motifs is 1. The van der Waals surface area contributed by atoms with Gasteiger partial charge in [-0.15, -0.1) is 0 Å². The van der Waals surface area contributed by atoms with Gasteiger partial charge in [-0.1, -0.05) is 42.5 Å². The zero-order valence-electron chi connectivity index (χ0n) is 13.1. The van der Waals surface area contributed by atoms with E-state index in [0.717, 1.165) is 0 Å². The van der Waals surface area contributed by atoms with Crippen LogP contribution in [0.2, 0.25) is 0 Å². The van der Waals surface area contributed by atoms with E-state index in [1.165, 1.54) is 0 Å². The van der Waals surface area contributed by atoms with Crippen molar-refractivity contribution < 1.29 is 4.74 Å². The van der Waals surface area contributed by atoms with Crippen LogP contribution in [0.15, 0.2) is 66.5 Å². The molecule has 25 heavy (non-hydrogen) atoms. The minimum absolute atomic E-state index is 0.390. The number of para-hydroxylation sites is 1. The van der Waals surface area contributed by atoms with Crippen LogP contribution < -0.4 is 4.74 Å². The fourth-order valence-corrected chi connectivity index (χ4v) is 3.49. The van der Waals surface area contributed by atoms with Crippen LogP contribution in [0.4, 0.5) is 0 Å². The van der Waals surface area contributed by atoms with Crippen molar-refractivity contribution in [1.82, 2.24) is 0 Å². The van der Waals surface area contributed by atoms with Gasteiger partial charge in [0, 0.05) is 5.92 Å². The highest BCUT2D eigenvalue weighted by atomic mass is 16.5. The second-order valence-corrected chi connectivity index (χ2v) is 5.82. The maximum Gasteiger partial charge on any atom is 0.186 e. The molecule has 1 aromatic carbocycles. The summed E-state index contributed by atoms with van der Waals surface area (Å²) in [6.07, 6.45) is 8.58. The van der Waals surface area contributed by atoms with Gasteiger partial charge in [-0.2, -0.15) is 21.0 Å². The first-order valence-corrected chi connectivity index (χ1v) is 7.62. The Bertz CT molecular complexity index is 917. The fourth-order valence-electron chi connectivity index (χ4n) is 3.49. The van der Waals surface area contributed by atoms with E-state index in [0.29, 0.717) is 11.5 Å². The minimum Gasteiger partial charge on any atom is -0.461 e. The first-order chi connectivity index (χ1) is 12.2. The lowest BCUT2D eigenvalue weighted by molar-refractivity contribution is -0.0219. The molecule has 0 aliphatic heterocycles.